The molecule has 0 aliphatic carbocycles. The first-order valence-electron chi connectivity index (χ1n) is 11.8. The number of aromatic nitrogens is 2. The summed E-state index contributed by atoms with van der Waals surface area (Å²) in [5, 5.41) is 3.91. The van der Waals surface area contributed by atoms with Crippen molar-refractivity contribution in [3.63, 3.8) is 0 Å². The number of halogens is 2. The van der Waals surface area contributed by atoms with Gasteiger partial charge in [-0.15, -0.1) is 0 Å². The summed E-state index contributed by atoms with van der Waals surface area (Å²) in [4.78, 5) is 27.6. The Morgan fingerprint density at radius 2 is 1.75 bits per heavy atom. The highest BCUT2D eigenvalue weighted by atomic mass is 35.5. The van der Waals surface area contributed by atoms with Gasteiger partial charge < -0.3 is 20.0 Å². The van der Waals surface area contributed by atoms with Gasteiger partial charge in [-0.1, -0.05) is 47.6 Å². The Bertz CT molecular complexity index is 1170. The summed E-state index contributed by atoms with van der Waals surface area (Å²) in [6, 6.07) is 16.2. The molecule has 0 bridgehead atoms. The van der Waals surface area contributed by atoms with E-state index in [0.29, 0.717) is 60.0 Å². The van der Waals surface area contributed by atoms with E-state index in [1.807, 2.05) is 55.4 Å². The van der Waals surface area contributed by atoms with Crippen molar-refractivity contribution in [2.75, 3.05) is 63.2 Å². The number of carbonyl (C=O) groups is 1. The Hall–Kier alpha value is -2.88. The summed E-state index contributed by atoms with van der Waals surface area (Å²) >= 11 is 7.81. The van der Waals surface area contributed by atoms with Crippen LogP contribution in [-0.2, 0) is 5.75 Å². The molecule has 7 nitrogen and oxygen atoms in total. The van der Waals surface area contributed by atoms with Crippen molar-refractivity contribution in [2.24, 2.45) is 0 Å². The van der Waals surface area contributed by atoms with E-state index in [2.05, 4.69) is 20.1 Å². The second-order valence-electron chi connectivity index (χ2n) is 8.80. The molecular formula is C26H30ClFN6OS. The van der Waals surface area contributed by atoms with Crippen molar-refractivity contribution in [1.82, 2.24) is 20.2 Å². The van der Waals surface area contributed by atoms with Crippen molar-refractivity contribution in [1.29, 1.82) is 0 Å². The highest BCUT2D eigenvalue weighted by molar-refractivity contribution is 7.98. The van der Waals surface area contributed by atoms with Gasteiger partial charge in [0.1, 0.15) is 16.8 Å². The van der Waals surface area contributed by atoms with Crippen molar-refractivity contribution in [2.45, 2.75) is 10.9 Å². The number of hydrogen-bond donors (Lipinski definition) is 1. The van der Waals surface area contributed by atoms with Crippen LogP contribution < -0.4 is 15.1 Å². The van der Waals surface area contributed by atoms with Gasteiger partial charge in [-0.05, 0) is 43.9 Å². The summed E-state index contributed by atoms with van der Waals surface area (Å²) in [5.74, 6) is 1.15. The van der Waals surface area contributed by atoms with Crippen LogP contribution in [0.4, 0.5) is 15.9 Å². The van der Waals surface area contributed by atoms with Gasteiger partial charge in [0, 0.05) is 56.7 Å². The molecule has 36 heavy (non-hydrogen) atoms. The minimum absolute atomic E-state index is 0.0750. The summed E-state index contributed by atoms with van der Waals surface area (Å²) < 4.78 is 14.1. The number of likely N-dealkylation sites (N-methyl/N-ethyl adjacent to an activating group) is 1. The fourth-order valence-corrected chi connectivity index (χ4v) is 4.93. The number of anilines is 2. The summed E-state index contributed by atoms with van der Waals surface area (Å²) in [5.41, 5.74) is 2.33. The molecule has 3 aromatic rings. The van der Waals surface area contributed by atoms with Gasteiger partial charge in [0.15, 0.2) is 5.16 Å². The van der Waals surface area contributed by atoms with Crippen molar-refractivity contribution >= 4 is 40.8 Å². The van der Waals surface area contributed by atoms with E-state index >= 15 is 0 Å². The average molecular weight is 529 g/mol. The minimum Gasteiger partial charge on any atom is -0.366 e. The van der Waals surface area contributed by atoms with Crippen LogP contribution in [0.15, 0.2) is 59.8 Å². The third kappa shape index (κ3) is 7.09. The number of nitrogens with one attached hydrogen (secondary N) is 1. The number of carbonyl (C=O) groups excluding carboxylic acids is 1. The molecule has 0 saturated carbocycles. The first kappa shape index (κ1) is 26.2. The molecule has 0 atom stereocenters. The van der Waals surface area contributed by atoms with Crippen LogP contribution in [0.25, 0.3) is 0 Å². The summed E-state index contributed by atoms with van der Waals surface area (Å²) in [6.07, 6.45) is 0. The average Bonchev–Trinajstić information content (AvgIpc) is 2.87. The van der Waals surface area contributed by atoms with Crippen LogP contribution in [0.2, 0.25) is 5.15 Å². The first-order valence-corrected chi connectivity index (χ1v) is 13.2. The maximum atomic E-state index is 14.1. The standard InChI is InChI=1S/C26H30ClFN6OS/c1-32(2)12-11-29-25(35)20-9-7-19(8-10-20)18-36-26-30-23(27)17-24(31-26)34-15-13-33(14-16-34)22-6-4-3-5-21(22)28/h3-10,17H,11-16,18H2,1-2H3,(H,29,35). The molecule has 1 aromatic heterocycles. The number of nitrogens with zero attached hydrogens (tertiary/aromatic N) is 5. The number of rotatable bonds is 9. The van der Waals surface area contributed by atoms with Crippen LogP contribution >= 0.6 is 23.4 Å². The predicted octanol–water partition coefficient (Wildman–Crippen LogP) is 4.18. The van der Waals surface area contributed by atoms with Crippen molar-refractivity contribution in [3.05, 3.63) is 76.7 Å². The maximum Gasteiger partial charge on any atom is 0.251 e. The zero-order valence-corrected chi connectivity index (χ0v) is 22.0. The molecule has 1 saturated heterocycles. The Balaban J connectivity index is 1.32. The van der Waals surface area contributed by atoms with Gasteiger partial charge in [0.05, 0.1) is 5.69 Å². The zero-order valence-electron chi connectivity index (χ0n) is 20.5. The van der Waals surface area contributed by atoms with Crippen LogP contribution in [0.3, 0.4) is 0 Å². The van der Waals surface area contributed by atoms with E-state index in [-0.39, 0.29) is 11.7 Å². The number of piperazine rings is 1. The normalized spacial score (nSPS) is 13.8. The molecule has 0 spiro atoms. The van der Waals surface area contributed by atoms with Gasteiger partial charge in [0.2, 0.25) is 0 Å². The lowest BCUT2D eigenvalue weighted by Gasteiger charge is -2.36. The zero-order chi connectivity index (χ0) is 25.5. The molecule has 2 heterocycles. The van der Waals surface area contributed by atoms with Gasteiger partial charge in [-0.25, -0.2) is 14.4 Å². The Morgan fingerprint density at radius 1 is 1.06 bits per heavy atom. The smallest absolute Gasteiger partial charge is 0.251 e. The number of benzene rings is 2. The van der Waals surface area contributed by atoms with Crippen LogP contribution in [0.1, 0.15) is 15.9 Å². The minimum atomic E-state index is -0.201. The van der Waals surface area contributed by atoms with Crippen LogP contribution in [-0.4, -0.2) is 74.1 Å². The van der Waals surface area contributed by atoms with Gasteiger partial charge in [-0.3, -0.25) is 4.79 Å². The third-order valence-corrected chi connectivity index (χ3v) is 7.00. The Morgan fingerprint density at radius 3 is 2.44 bits per heavy atom. The molecule has 1 aliphatic heterocycles. The summed E-state index contributed by atoms with van der Waals surface area (Å²) in [7, 11) is 3.94. The lowest BCUT2D eigenvalue weighted by molar-refractivity contribution is 0.0951. The molecule has 10 heteroatoms. The molecule has 1 amide bonds. The summed E-state index contributed by atoms with van der Waals surface area (Å²) in [6.45, 7) is 4.22. The molecule has 1 fully saturated rings. The highest BCUT2D eigenvalue weighted by Crippen LogP contribution is 2.27. The number of para-hydroxylation sites is 1. The van der Waals surface area contributed by atoms with E-state index in [9.17, 15) is 9.18 Å². The molecule has 0 radical (unpaired) electrons. The molecule has 190 valence electrons. The lowest BCUT2D eigenvalue weighted by atomic mass is 10.1. The number of amides is 1. The van der Waals surface area contributed by atoms with E-state index in [1.54, 1.807) is 12.1 Å². The Labute approximate surface area is 220 Å². The fraction of sp³-hybridized carbons (Fsp3) is 0.346. The van der Waals surface area contributed by atoms with E-state index in [0.717, 1.165) is 17.9 Å². The molecular weight excluding hydrogens is 499 g/mol. The van der Waals surface area contributed by atoms with Crippen molar-refractivity contribution < 1.29 is 9.18 Å². The largest absolute Gasteiger partial charge is 0.366 e. The quantitative estimate of drug-likeness (QED) is 0.254. The predicted molar refractivity (Wildman–Crippen MR) is 145 cm³/mol. The van der Waals surface area contributed by atoms with Gasteiger partial charge >= 0.3 is 0 Å². The fourth-order valence-electron chi connectivity index (χ4n) is 3.89. The molecule has 1 aliphatic rings. The molecule has 0 unspecified atom stereocenters. The monoisotopic (exact) mass is 528 g/mol. The topological polar surface area (TPSA) is 64.6 Å². The van der Waals surface area contributed by atoms with E-state index in [1.165, 1.54) is 17.8 Å². The Kier molecular flexibility index (Phi) is 9.01. The molecule has 4 rings (SSSR count). The lowest BCUT2D eigenvalue weighted by Crippen LogP contribution is -2.47. The second-order valence-corrected chi connectivity index (χ2v) is 10.1. The number of hydrogen-bond acceptors (Lipinski definition) is 7. The van der Waals surface area contributed by atoms with Crippen LogP contribution in [0, 0.1) is 5.82 Å². The first-order chi connectivity index (χ1) is 17.4. The van der Waals surface area contributed by atoms with Crippen LogP contribution in [0.5, 0.6) is 0 Å². The number of thioether (sulfide) groups is 1. The third-order valence-electron chi connectivity index (χ3n) is 5.89. The van der Waals surface area contributed by atoms with E-state index in [4.69, 9.17) is 16.6 Å². The van der Waals surface area contributed by atoms with Gasteiger partial charge in [-0.2, -0.15) is 0 Å². The second kappa shape index (κ2) is 12.4. The van der Waals surface area contributed by atoms with Gasteiger partial charge in [0.25, 0.3) is 5.91 Å². The molecule has 2 aromatic carbocycles. The highest BCUT2D eigenvalue weighted by Gasteiger charge is 2.21. The van der Waals surface area contributed by atoms with Crippen molar-refractivity contribution in [3.8, 4) is 0 Å². The maximum absolute atomic E-state index is 14.1. The molecule has 1 N–H and O–H groups in total. The van der Waals surface area contributed by atoms with E-state index < -0.39 is 0 Å². The SMILES string of the molecule is CN(C)CCNC(=O)c1ccc(CSc2nc(Cl)cc(N3CCN(c4ccccc4F)CC3)n2)cc1.